The van der Waals surface area contributed by atoms with Crippen molar-refractivity contribution in [2.24, 2.45) is 0 Å². The Kier molecular flexibility index (Phi) is 4.95. The van der Waals surface area contributed by atoms with Gasteiger partial charge in [0.25, 0.3) is 11.5 Å². The zero-order valence-corrected chi connectivity index (χ0v) is 13.8. The molecule has 0 aliphatic rings. The summed E-state index contributed by atoms with van der Waals surface area (Å²) in [5.74, 6) is -0.435. The smallest absolute Gasteiger partial charge is 0.395 e. The zero-order valence-electron chi connectivity index (χ0n) is 13.8. The molecule has 1 aromatic heterocycles. The number of carbonyl (C=O) groups is 1. The van der Waals surface area contributed by atoms with E-state index < -0.39 is 23.2 Å². The maximum atomic E-state index is 12.9. The average Bonchev–Trinajstić information content (AvgIpc) is 2.65. The molecule has 1 amide bonds. The van der Waals surface area contributed by atoms with E-state index in [9.17, 15) is 22.8 Å². The van der Waals surface area contributed by atoms with Crippen molar-refractivity contribution in [2.45, 2.75) is 6.18 Å². The topological polar surface area (TPSA) is 84.2 Å². The molecular formula is C18H14F3N3O3. The van der Waals surface area contributed by atoms with Crippen LogP contribution in [0.15, 0.2) is 53.6 Å². The number of aromatic nitrogens is 2. The van der Waals surface area contributed by atoms with Crippen LogP contribution in [0, 0.1) is 0 Å². The Morgan fingerprint density at radius 3 is 2.67 bits per heavy atom. The molecule has 0 aliphatic carbocycles. The monoisotopic (exact) mass is 377 g/mol. The average molecular weight is 377 g/mol. The van der Waals surface area contributed by atoms with Crippen LogP contribution in [-0.2, 0) is 6.18 Å². The molecule has 140 valence electrons. The van der Waals surface area contributed by atoms with Gasteiger partial charge in [-0.15, -0.1) is 0 Å². The Balaban J connectivity index is 2.04. The zero-order chi connectivity index (χ0) is 19.6. The molecule has 2 aromatic carbocycles. The normalized spacial score (nSPS) is 11.6. The number of amides is 1. The summed E-state index contributed by atoms with van der Waals surface area (Å²) in [5, 5.41) is 11.4. The highest BCUT2D eigenvalue weighted by Crippen LogP contribution is 2.30. The summed E-state index contributed by atoms with van der Waals surface area (Å²) in [5.41, 5.74) is -0.905. The molecule has 0 saturated heterocycles. The number of hydrogen-bond acceptors (Lipinski definition) is 4. The lowest BCUT2D eigenvalue weighted by atomic mass is 10.1. The molecule has 3 rings (SSSR count). The highest BCUT2D eigenvalue weighted by Gasteiger charge is 2.30. The lowest BCUT2D eigenvalue weighted by Crippen LogP contribution is -2.26. The predicted molar refractivity (Wildman–Crippen MR) is 91.8 cm³/mol. The molecule has 0 unspecified atom stereocenters. The molecule has 0 atom stereocenters. The number of nitrogens with zero attached hydrogens (tertiary/aromatic N) is 2. The van der Waals surface area contributed by atoms with E-state index in [-0.39, 0.29) is 35.3 Å². The van der Waals surface area contributed by atoms with Crippen LogP contribution in [0.25, 0.3) is 16.6 Å². The maximum Gasteiger partial charge on any atom is 0.416 e. The minimum atomic E-state index is -4.53. The maximum absolute atomic E-state index is 12.9. The molecule has 6 nitrogen and oxygen atoms in total. The SMILES string of the molecule is O=C(NCCO)c1ccc2c(=O)n(-c3cccc(C(F)(F)F)c3)cnc2c1. The van der Waals surface area contributed by atoms with Crippen molar-refractivity contribution in [3.63, 3.8) is 0 Å². The fourth-order valence-corrected chi connectivity index (χ4v) is 2.55. The van der Waals surface area contributed by atoms with Crippen molar-refractivity contribution < 1.29 is 23.1 Å². The number of benzene rings is 2. The lowest BCUT2D eigenvalue weighted by Gasteiger charge is -2.11. The minimum Gasteiger partial charge on any atom is -0.395 e. The fraction of sp³-hybridized carbons (Fsp3) is 0.167. The van der Waals surface area contributed by atoms with Crippen molar-refractivity contribution in [2.75, 3.05) is 13.2 Å². The summed E-state index contributed by atoms with van der Waals surface area (Å²) in [6, 6.07) is 8.58. The van der Waals surface area contributed by atoms with Gasteiger partial charge in [0.1, 0.15) is 6.33 Å². The second kappa shape index (κ2) is 7.20. The predicted octanol–water partition coefficient (Wildman–Crippen LogP) is 2.13. The Bertz CT molecular complexity index is 1060. The third kappa shape index (κ3) is 3.82. The number of aliphatic hydroxyl groups excluding tert-OH is 1. The van der Waals surface area contributed by atoms with Gasteiger partial charge >= 0.3 is 6.18 Å². The third-order valence-electron chi connectivity index (χ3n) is 3.87. The number of fused-ring (bicyclic) bond motifs is 1. The summed E-state index contributed by atoms with van der Waals surface area (Å²) in [6.45, 7) is -0.124. The number of rotatable bonds is 4. The first-order chi connectivity index (χ1) is 12.8. The number of alkyl halides is 3. The number of carbonyl (C=O) groups excluding carboxylic acids is 1. The van der Waals surface area contributed by atoms with Crippen LogP contribution in [0.3, 0.4) is 0 Å². The largest absolute Gasteiger partial charge is 0.416 e. The molecule has 0 spiro atoms. The first-order valence-corrected chi connectivity index (χ1v) is 7.89. The van der Waals surface area contributed by atoms with Crippen LogP contribution in [0.2, 0.25) is 0 Å². The van der Waals surface area contributed by atoms with Gasteiger partial charge in [-0.25, -0.2) is 4.98 Å². The molecule has 0 aliphatic heterocycles. The summed E-state index contributed by atoms with van der Waals surface area (Å²) in [7, 11) is 0. The van der Waals surface area contributed by atoms with Crippen molar-refractivity contribution >= 4 is 16.8 Å². The van der Waals surface area contributed by atoms with E-state index >= 15 is 0 Å². The number of halogens is 3. The molecule has 0 saturated carbocycles. The van der Waals surface area contributed by atoms with Crippen LogP contribution in [0.5, 0.6) is 0 Å². The van der Waals surface area contributed by atoms with Gasteiger partial charge in [0, 0.05) is 12.1 Å². The number of hydrogen-bond donors (Lipinski definition) is 2. The van der Waals surface area contributed by atoms with E-state index in [2.05, 4.69) is 10.3 Å². The summed E-state index contributed by atoms with van der Waals surface area (Å²) >= 11 is 0. The van der Waals surface area contributed by atoms with Crippen LogP contribution >= 0.6 is 0 Å². The van der Waals surface area contributed by atoms with Crippen molar-refractivity contribution in [3.05, 3.63) is 70.3 Å². The standard InChI is InChI=1S/C18H14F3N3O3/c19-18(20,21)12-2-1-3-13(9-12)24-10-23-15-8-11(16(26)22-6-7-25)4-5-14(15)17(24)27/h1-5,8-10,25H,6-7H2,(H,22,26). The van der Waals surface area contributed by atoms with Gasteiger partial charge in [0.05, 0.1) is 28.8 Å². The Morgan fingerprint density at radius 2 is 1.96 bits per heavy atom. The highest BCUT2D eigenvalue weighted by molar-refractivity contribution is 5.97. The van der Waals surface area contributed by atoms with Gasteiger partial charge in [-0.2, -0.15) is 13.2 Å². The molecule has 0 radical (unpaired) electrons. The van der Waals surface area contributed by atoms with Gasteiger partial charge < -0.3 is 10.4 Å². The first-order valence-electron chi connectivity index (χ1n) is 7.89. The fourth-order valence-electron chi connectivity index (χ4n) is 2.55. The van der Waals surface area contributed by atoms with E-state index in [0.717, 1.165) is 23.0 Å². The van der Waals surface area contributed by atoms with Gasteiger partial charge in [0.2, 0.25) is 0 Å². The Hall–Kier alpha value is -3.20. The van der Waals surface area contributed by atoms with Gasteiger partial charge in [-0.1, -0.05) is 6.07 Å². The molecule has 2 N–H and O–H groups in total. The summed E-state index contributed by atoms with van der Waals surface area (Å²) in [6.07, 6.45) is -3.41. The minimum absolute atomic E-state index is 0.0361. The van der Waals surface area contributed by atoms with Crippen molar-refractivity contribution in [3.8, 4) is 5.69 Å². The number of aliphatic hydroxyl groups is 1. The third-order valence-corrected chi connectivity index (χ3v) is 3.87. The second-order valence-electron chi connectivity index (χ2n) is 5.68. The number of nitrogens with one attached hydrogen (secondary N) is 1. The quantitative estimate of drug-likeness (QED) is 0.730. The van der Waals surface area contributed by atoms with Gasteiger partial charge in [-0.05, 0) is 36.4 Å². The molecule has 0 bridgehead atoms. The molecular weight excluding hydrogens is 363 g/mol. The van der Waals surface area contributed by atoms with Crippen molar-refractivity contribution in [1.82, 2.24) is 14.9 Å². The molecule has 1 heterocycles. The Labute approximate surface area is 150 Å². The second-order valence-corrected chi connectivity index (χ2v) is 5.68. The van der Waals surface area contributed by atoms with Crippen LogP contribution in [0.1, 0.15) is 15.9 Å². The molecule has 3 aromatic rings. The van der Waals surface area contributed by atoms with Crippen LogP contribution < -0.4 is 10.9 Å². The van der Waals surface area contributed by atoms with E-state index in [1.165, 1.54) is 30.3 Å². The van der Waals surface area contributed by atoms with E-state index in [1.807, 2.05) is 0 Å². The van der Waals surface area contributed by atoms with E-state index in [1.54, 1.807) is 0 Å². The van der Waals surface area contributed by atoms with Crippen LogP contribution in [0.4, 0.5) is 13.2 Å². The molecule has 9 heteroatoms. The molecule has 0 fully saturated rings. The first kappa shape index (κ1) is 18.6. The van der Waals surface area contributed by atoms with Crippen LogP contribution in [-0.4, -0.2) is 33.7 Å². The van der Waals surface area contributed by atoms with Crippen molar-refractivity contribution in [1.29, 1.82) is 0 Å². The Morgan fingerprint density at radius 1 is 1.19 bits per heavy atom. The summed E-state index contributed by atoms with van der Waals surface area (Å²) in [4.78, 5) is 28.6. The highest BCUT2D eigenvalue weighted by atomic mass is 19.4. The van der Waals surface area contributed by atoms with Gasteiger partial charge in [0.15, 0.2) is 0 Å². The molecule has 27 heavy (non-hydrogen) atoms. The lowest BCUT2D eigenvalue weighted by molar-refractivity contribution is -0.137. The summed E-state index contributed by atoms with van der Waals surface area (Å²) < 4.78 is 39.7. The van der Waals surface area contributed by atoms with E-state index in [0.29, 0.717) is 0 Å². The van der Waals surface area contributed by atoms with E-state index in [4.69, 9.17) is 5.11 Å². The van der Waals surface area contributed by atoms with Gasteiger partial charge in [-0.3, -0.25) is 14.2 Å².